The molecule has 16 heavy (non-hydrogen) atoms. The summed E-state index contributed by atoms with van der Waals surface area (Å²) in [5.41, 5.74) is 0.717. The molecule has 0 aliphatic carbocycles. The first kappa shape index (κ1) is 12.7. The van der Waals surface area contributed by atoms with Crippen LogP contribution in [0.25, 0.3) is 0 Å². The van der Waals surface area contributed by atoms with Gasteiger partial charge in [-0.1, -0.05) is 6.07 Å². The van der Waals surface area contributed by atoms with Crippen molar-refractivity contribution in [2.45, 2.75) is 13.8 Å². The first-order valence-electron chi connectivity index (χ1n) is 4.68. The van der Waals surface area contributed by atoms with E-state index >= 15 is 0 Å². The lowest BCUT2D eigenvalue weighted by atomic mass is 10.1. The minimum Gasteiger partial charge on any atom is -0.506 e. The van der Waals surface area contributed by atoms with Crippen molar-refractivity contribution in [3.05, 3.63) is 27.7 Å². The summed E-state index contributed by atoms with van der Waals surface area (Å²) in [5.74, 6) is -2.05. The Hall–Kier alpha value is -1.36. The molecule has 4 nitrogen and oxygen atoms in total. The van der Waals surface area contributed by atoms with Gasteiger partial charge in [0.2, 0.25) is 0 Å². The van der Waals surface area contributed by atoms with Gasteiger partial charge in [0, 0.05) is 0 Å². The number of esters is 1. The third-order valence-corrected chi connectivity index (χ3v) is 3.02. The number of rotatable bonds is 3. The van der Waals surface area contributed by atoms with Crippen molar-refractivity contribution in [2.24, 2.45) is 0 Å². The number of aryl methyl sites for hydroxylation is 1. The van der Waals surface area contributed by atoms with E-state index in [4.69, 9.17) is 0 Å². The number of ether oxygens (including phenoxy) is 1. The highest BCUT2D eigenvalue weighted by Crippen LogP contribution is 2.31. The van der Waals surface area contributed by atoms with E-state index in [2.05, 4.69) is 20.7 Å². The summed E-state index contributed by atoms with van der Waals surface area (Å²) in [7, 11) is 0. The zero-order chi connectivity index (χ0) is 12.3. The second kappa shape index (κ2) is 5.12. The minimum absolute atomic E-state index is 0.0593. The van der Waals surface area contributed by atoms with Crippen molar-refractivity contribution in [3.63, 3.8) is 0 Å². The third-order valence-electron chi connectivity index (χ3n) is 2.01. The maximum atomic E-state index is 11.6. The largest absolute Gasteiger partial charge is 0.506 e. The van der Waals surface area contributed by atoms with Crippen molar-refractivity contribution in [1.29, 1.82) is 0 Å². The second-order valence-electron chi connectivity index (χ2n) is 3.14. The highest BCUT2D eigenvalue weighted by Gasteiger charge is 2.22. The van der Waals surface area contributed by atoms with Crippen LogP contribution < -0.4 is 0 Å². The predicted octanol–water partition coefficient (Wildman–Crippen LogP) is 2.21. The number of aromatic hydroxyl groups is 1. The summed E-state index contributed by atoms with van der Waals surface area (Å²) in [6, 6.07) is 3.03. The van der Waals surface area contributed by atoms with Crippen molar-refractivity contribution < 1.29 is 19.4 Å². The SMILES string of the molecule is CCOC(=O)C(=O)c1ccc(C)c(Br)c1O. The maximum Gasteiger partial charge on any atom is 0.379 e. The molecule has 0 aliphatic heterocycles. The first-order valence-corrected chi connectivity index (χ1v) is 5.47. The van der Waals surface area contributed by atoms with E-state index in [1.165, 1.54) is 6.07 Å². The molecule has 1 aromatic rings. The third kappa shape index (κ3) is 2.41. The molecule has 0 spiro atoms. The molecule has 0 aromatic heterocycles. The zero-order valence-electron chi connectivity index (χ0n) is 8.91. The van der Waals surface area contributed by atoms with Gasteiger partial charge in [-0.05, 0) is 41.4 Å². The number of Topliss-reactive ketones (excluding diaryl/α,β-unsaturated/α-hetero) is 1. The standard InChI is InChI=1S/C11H11BrO4/c1-3-16-11(15)10(14)7-5-4-6(2)8(12)9(7)13/h4-5,13H,3H2,1-2H3. The van der Waals surface area contributed by atoms with Gasteiger partial charge >= 0.3 is 5.97 Å². The number of hydrogen-bond donors (Lipinski definition) is 1. The normalized spacial score (nSPS) is 9.94. The Bertz CT molecular complexity index is 440. The lowest BCUT2D eigenvalue weighted by molar-refractivity contribution is -0.137. The van der Waals surface area contributed by atoms with Crippen LogP contribution >= 0.6 is 15.9 Å². The van der Waals surface area contributed by atoms with Gasteiger partial charge in [0.25, 0.3) is 5.78 Å². The number of halogens is 1. The fraction of sp³-hybridized carbons (Fsp3) is 0.273. The Morgan fingerprint density at radius 3 is 2.62 bits per heavy atom. The van der Waals surface area contributed by atoms with E-state index in [0.29, 0.717) is 4.47 Å². The van der Waals surface area contributed by atoms with Crippen LogP contribution in [0.1, 0.15) is 22.8 Å². The van der Waals surface area contributed by atoms with E-state index in [0.717, 1.165) is 5.56 Å². The number of carbonyl (C=O) groups excluding carboxylic acids is 2. The predicted molar refractivity (Wildman–Crippen MR) is 61.5 cm³/mol. The summed E-state index contributed by atoms with van der Waals surface area (Å²) in [6.07, 6.45) is 0. The van der Waals surface area contributed by atoms with Crippen LogP contribution in [-0.2, 0) is 9.53 Å². The lowest BCUT2D eigenvalue weighted by Gasteiger charge is -2.06. The van der Waals surface area contributed by atoms with Crippen LogP contribution in [0.3, 0.4) is 0 Å². The van der Waals surface area contributed by atoms with Crippen LogP contribution in [0.5, 0.6) is 5.75 Å². The van der Waals surface area contributed by atoms with Crippen molar-refractivity contribution in [2.75, 3.05) is 6.61 Å². The van der Waals surface area contributed by atoms with Crippen molar-refractivity contribution in [3.8, 4) is 5.75 Å². The molecule has 5 heteroatoms. The summed E-state index contributed by atoms with van der Waals surface area (Å²) in [6.45, 7) is 3.50. The topological polar surface area (TPSA) is 63.6 Å². The number of ketones is 1. The molecular weight excluding hydrogens is 276 g/mol. The molecule has 1 N–H and O–H groups in total. The van der Waals surface area contributed by atoms with E-state index in [-0.39, 0.29) is 17.9 Å². The number of phenols is 1. The molecule has 0 fully saturated rings. The van der Waals surface area contributed by atoms with E-state index in [1.807, 2.05) is 0 Å². The van der Waals surface area contributed by atoms with Gasteiger partial charge in [-0.15, -0.1) is 0 Å². The maximum absolute atomic E-state index is 11.6. The summed E-state index contributed by atoms with van der Waals surface area (Å²) in [4.78, 5) is 22.8. The summed E-state index contributed by atoms with van der Waals surface area (Å²) >= 11 is 3.13. The van der Waals surface area contributed by atoms with E-state index < -0.39 is 11.8 Å². The number of hydrogen-bond acceptors (Lipinski definition) is 4. The number of benzene rings is 1. The average Bonchev–Trinajstić information content (AvgIpc) is 2.26. The van der Waals surface area contributed by atoms with Gasteiger partial charge in [0.05, 0.1) is 16.6 Å². The molecule has 1 rings (SSSR count). The van der Waals surface area contributed by atoms with Crippen molar-refractivity contribution in [1.82, 2.24) is 0 Å². The molecular formula is C11H11BrO4. The van der Waals surface area contributed by atoms with Gasteiger partial charge in [-0.25, -0.2) is 4.79 Å². The molecule has 0 atom stereocenters. The Morgan fingerprint density at radius 2 is 2.06 bits per heavy atom. The van der Waals surface area contributed by atoms with Gasteiger partial charge < -0.3 is 9.84 Å². The van der Waals surface area contributed by atoms with Gasteiger partial charge in [0.15, 0.2) is 0 Å². The fourth-order valence-electron chi connectivity index (χ4n) is 1.16. The van der Waals surface area contributed by atoms with Gasteiger partial charge in [0.1, 0.15) is 5.75 Å². The van der Waals surface area contributed by atoms with Crippen molar-refractivity contribution >= 4 is 27.7 Å². The monoisotopic (exact) mass is 286 g/mol. The lowest BCUT2D eigenvalue weighted by Crippen LogP contribution is -2.17. The molecule has 0 aliphatic rings. The summed E-state index contributed by atoms with van der Waals surface area (Å²) in [5, 5.41) is 9.69. The highest BCUT2D eigenvalue weighted by molar-refractivity contribution is 9.10. The average molecular weight is 287 g/mol. The molecule has 86 valence electrons. The summed E-state index contributed by atoms with van der Waals surface area (Å²) < 4.78 is 4.97. The Balaban J connectivity index is 3.10. The zero-order valence-corrected chi connectivity index (χ0v) is 10.5. The fourth-order valence-corrected chi connectivity index (χ4v) is 1.50. The van der Waals surface area contributed by atoms with E-state index in [9.17, 15) is 14.7 Å². The molecule has 0 radical (unpaired) electrons. The molecule has 0 saturated carbocycles. The molecule has 0 amide bonds. The van der Waals surface area contributed by atoms with Crippen LogP contribution in [0, 0.1) is 6.92 Å². The minimum atomic E-state index is -0.964. The molecule has 1 aromatic carbocycles. The smallest absolute Gasteiger partial charge is 0.379 e. The van der Waals surface area contributed by atoms with Crippen LogP contribution in [-0.4, -0.2) is 23.5 Å². The van der Waals surface area contributed by atoms with Crippen LogP contribution in [0.15, 0.2) is 16.6 Å². The number of phenolic OH excluding ortho intramolecular Hbond substituents is 1. The Labute approximate surface area is 101 Å². The molecule has 0 saturated heterocycles. The van der Waals surface area contributed by atoms with Crippen LogP contribution in [0.2, 0.25) is 0 Å². The van der Waals surface area contributed by atoms with Crippen LogP contribution in [0.4, 0.5) is 0 Å². The molecule has 0 heterocycles. The van der Waals surface area contributed by atoms with Gasteiger partial charge in [-0.3, -0.25) is 4.79 Å². The van der Waals surface area contributed by atoms with E-state index in [1.54, 1.807) is 19.9 Å². The highest BCUT2D eigenvalue weighted by atomic mass is 79.9. The molecule has 0 unspecified atom stereocenters. The van der Waals surface area contributed by atoms with Gasteiger partial charge in [-0.2, -0.15) is 0 Å². The Kier molecular flexibility index (Phi) is 4.06. The second-order valence-corrected chi connectivity index (χ2v) is 3.94. The number of carbonyl (C=O) groups is 2. The Morgan fingerprint density at radius 1 is 1.44 bits per heavy atom. The molecule has 0 bridgehead atoms. The first-order chi connectivity index (χ1) is 7.49. The quantitative estimate of drug-likeness (QED) is 0.526.